The minimum atomic E-state index is 0.646. The summed E-state index contributed by atoms with van der Waals surface area (Å²) in [4.78, 5) is 4.91. The Morgan fingerprint density at radius 2 is 1.65 bits per heavy atom. The Morgan fingerprint density at radius 1 is 0.871 bits per heavy atom. The molecule has 4 aromatic rings. The van der Waals surface area contributed by atoms with Crippen LogP contribution in [0.5, 0.6) is 0 Å². The van der Waals surface area contributed by atoms with Crippen LogP contribution in [0.1, 0.15) is 54.0 Å². The van der Waals surface area contributed by atoms with E-state index in [1.54, 1.807) is 0 Å². The quantitative estimate of drug-likeness (QED) is 0.335. The molecule has 5 rings (SSSR count). The maximum atomic E-state index is 4.91. The summed E-state index contributed by atoms with van der Waals surface area (Å²) in [6.07, 6.45) is 7.34. The summed E-state index contributed by atoms with van der Waals surface area (Å²) in [6.45, 7) is 6.62. The smallest absolute Gasteiger partial charge is 0.213 e. The van der Waals surface area contributed by atoms with Gasteiger partial charge in [0.05, 0.1) is 5.39 Å². The summed E-state index contributed by atoms with van der Waals surface area (Å²) in [5.41, 5.74) is 11.5. The van der Waals surface area contributed by atoms with Crippen molar-refractivity contribution in [2.24, 2.45) is 7.05 Å². The van der Waals surface area contributed by atoms with Crippen LogP contribution in [0.2, 0.25) is 0 Å². The van der Waals surface area contributed by atoms with E-state index in [4.69, 9.17) is 4.98 Å². The maximum Gasteiger partial charge on any atom is 0.213 e. The summed E-state index contributed by atoms with van der Waals surface area (Å²) in [5.74, 6) is 0.646. The van der Waals surface area contributed by atoms with Gasteiger partial charge in [0.25, 0.3) is 0 Å². The Balaban J connectivity index is 1.71. The van der Waals surface area contributed by atoms with E-state index in [9.17, 15) is 0 Å². The maximum absolute atomic E-state index is 4.91. The monoisotopic (exact) mass is 407 g/mol. The van der Waals surface area contributed by atoms with Gasteiger partial charge in [0.2, 0.25) is 11.2 Å². The van der Waals surface area contributed by atoms with E-state index in [1.165, 1.54) is 81.4 Å². The standard InChI is InChI=1S/C29H31N2/c1-19-15-20(2)21(3)25(16-19)29-17-26(24-11-7-8-12-28(24)31(29)4)23-13-14-27(30-18-23)22-9-5-6-10-22/h7-8,11-18,22H,5-6,9-10H2,1-4H3/q+1. The van der Waals surface area contributed by atoms with E-state index in [0.29, 0.717) is 5.92 Å². The highest BCUT2D eigenvalue weighted by atomic mass is 14.9. The second-order valence-electron chi connectivity index (χ2n) is 9.23. The van der Waals surface area contributed by atoms with Gasteiger partial charge in [0.1, 0.15) is 7.05 Å². The molecule has 2 nitrogen and oxygen atoms in total. The lowest BCUT2D eigenvalue weighted by Gasteiger charge is -2.14. The lowest BCUT2D eigenvalue weighted by molar-refractivity contribution is -0.633. The van der Waals surface area contributed by atoms with Crippen molar-refractivity contribution in [1.29, 1.82) is 0 Å². The van der Waals surface area contributed by atoms with Crippen molar-refractivity contribution >= 4 is 10.9 Å². The molecular weight excluding hydrogens is 376 g/mol. The van der Waals surface area contributed by atoms with Crippen LogP contribution in [0.25, 0.3) is 33.3 Å². The minimum Gasteiger partial charge on any atom is -0.260 e. The fraction of sp³-hybridized carbons (Fsp3) is 0.310. The Morgan fingerprint density at radius 3 is 2.39 bits per heavy atom. The van der Waals surface area contributed by atoms with Crippen molar-refractivity contribution in [3.8, 4) is 22.4 Å². The predicted molar refractivity (Wildman–Crippen MR) is 129 cm³/mol. The Bertz CT molecular complexity index is 1260. The summed E-state index contributed by atoms with van der Waals surface area (Å²) in [5, 5.41) is 1.27. The van der Waals surface area contributed by atoms with E-state index >= 15 is 0 Å². The Kier molecular flexibility index (Phi) is 5.09. The number of nitrogens with zero attached hydrogens (tertiary/aromatic N) is 2. The molecule has 0 spiro atoms. The molecule has 0 N–H and O–H groups in total. The molecule has 2 aromatic carbocycles. The van der Waals surface area contributed by atoms with Crippen molar-refractivity contribution in [3.05, 3.63) is 83.2 Å². The molecule has 156 valence electrons. The molecule has 31 heavy (non-hydrogen) atoms. The molecule has 1 aliphatic rings. The molecule has 2 aromatic heterocycles. The first kappa shape index (κ1) is 19.9. The van der Waals surface area contributed by atoms with E-state index in [-0.39, 0.29) is 0 Å². The van der Waals surface area contributed by atoms with E-state index in [1.807, 2.05) is 0 Å². The molecule has 0 atom stereocenters. The molecular formula is C29H31N2+. The van der Waals surface area contributed by atoms with Crippen molar-refractivity contribution in [1.82, 2.24) is 4.98 Å². The fourth-order valence-corrected chi connectivity index (χ4v) is 5.27. The van der Waals surface area contributed by atoms with E-state index in [2.05, 4.69) is 93.2 Å². The molecule has 0 aliphatic heterocycles. The van der Waals surface area contributed by atoms with Crippen LogP contribution in [0.3, 0.4) is 0 Å². The van der Waals surface area contributed by atoms with Crippen LogP contribution in [0.15, 0.2) is 60.8 Å². The fourth-order valence-electron chi connectivity index (χ4n) is 5.27. The number of hydrogen-bond donors (Lipinski definition) is 0. The van der Waals surface area contributed by atoms with Gasteiger partial charge in [-0.15, -0.1) is 0 Å². The van der Waals surface area contributed by atoms with Crippen LogP contribution in [0, 0.1) is 20.8 Å². The largest absolute Gasteiger partial charge is 0.260 e. The molecule has 0 unspecified atom stereocenters. The van der Waals surface area contributed by atoms with Gasteiger partial charge in [0, 0.05) is 46.6 Å². The van der Waals surface area contributed by atoms with Gasteiger partial charge < -0.3 is 0 Å². The summed E-state index contributed by atoms with van der Waals surface area (Å²) < 4.78 is 2.33. The zero-order valence-electron chi connectivity index (χ0n) is 19.1. The van der Waals surface area contributed by atoms with Gasteiger partial charge in [-0.3, -0.25) is 4.98 Å². The van der Waals surface area contributed by atoms with Gasteiger partial charge in [-0.1, -0.05) is 42.7 Å². The van der Waals surface area contributed by atoms with Crippen LogP contribution < -0.4 is 4.57 Å². The number of benzene rings is 2. The molecule has 2 heterocycles. The van der Waals surface area contributed by atoms with Crippen molar-refractivity contribution in [2.45, 2.75) is 52.4 Å². The highest BCUT2D eigenvalue weighted by molar-refractivity contribution is 5.94. The number of aromatic nitrogens is 2. The van der Waals surface area contributed by atoms with E-state index < -0.39 is 0 Å². The Hall–Kier alpha value is -3.00. The zero-order chi connectivity index (χ0) is 21.5. The summed E-state index contributed by atoms with van der Waals surface area (Å²) in [6, 6.07) is 20.2. The third-order valence-electron chi connectivity index (χ3n) is 7.16. The molecule has 0 radical (unpaired) electrons. The Labute approximate surface area is 185 Å². The number of aryl methyl sites for hydroxylation is 3. The number of rotatable bonds is 3. The zero-order valence-corrected chi connectivity index (χ0v) is 19.1. The molecule has 1 aliphatic carbocycles. The van der Waals surface area contributed by atoms with Gasteiger partial charge in [-0.25, -0.2) is 0 Å². The lowest BCUT2D eigenvalue weighted by Crippen LogP contribution is -2.32. The number of hydrogen-bond acceptors (Lipinski definition) is 1. The minimum absolute atomic E-state index is 0.646. The topological polar surface area (TPSA) is 16.8 Å². The molecule has 1 saturated carbocycles. The summed E-state index contributed by atoms with van der Waals surface area (Å²) >= 11 is 0. The highest BCUT2D eigenvalue weighted by Crippen LogP contribution is 2.36. The number of pyridine rings is 2. The number of para-hydroxylation sites is 1. The molecule has 0 saturated heterocycles. The van der Waals surface area contributed by atoms with Crippen molar-refractivity contribution in [2.75, 3.05) is 0 Å². The molecule has 0 bridgehead atoms. The lowest BCUT2D eigenvalue weighted by atomic mass is 9.93. The average molecular weight is 408 g/mol. The number of fused-ring (bicyclic) bond motifs is 1. The average Bonchev–Trinajstić information content (AvgIpc) is 3.32. The van der Waals surface area contributed by atoms with Crippen LogP contribution in [-0.4, -0.2) is 4.98 Å². The first-order valence-corrected chi connectivity index (χ1v) is 11.5. The van der Waals surface area contributed by atoms with Gasteiger partial charge in [0.15, 0.2) is 0 Å². The molecule has 2 heteroatoms. The van der Waals surface area contributed by atoms with Gasteiger partial charge in [-0.2, -0.15) is 4.57 Å². The predicted octanol–water partition coefficient (Wildman–Crippen LogP) is 6.98. The third kappa shape index (κ3) is 3.54. The van der Waals surface area contributed by atoms with Crippen LogP contribution >= 0.6 is 0 Å². The van der Waals surface area contributed by atoms with Crippen LogP contribution in [0.4, 0.5) is 0 Å². The first-order chi connectivity index (χ1) is 15.0. The van der Waals surface area contributed by atoms with Crippen molar-refractivity contribution < 1.29 is 4.57 Å². The van der Waals surface area contributed by atoms with Gasteiger partial charge in [-0.05, 0) is 62.9 Å². The summed E-state index contributed by atoms with van der Waals surface area (Å²) in [7, 11) is 2.18. The van der Waals surface area contributed by atoms with Crippen molar-refractivity contribution in [3.63, 3.8) is 0 Å². The SMILES string of the molecule is Cc1cc(C)c(C)c(-c2cc(-c3ccc(C4CCCC4)nc3)c3ccccc3[n+]2C)c1. The second-order valence-corrected chi connectivity index (χ2v) is 9.23. The van der Waals surface area contributed by atoms with Crippen LogP contribution in [-0.2, 0) is 7.05 Å². The highest BCUT2D eigenvalue weighted by Gasteiger charge is 2.22. The molecule has 1 fully saturated rings. The molecule has 0 amide bonds. The van der Waals surface area contributed by atoms with E-state index in [0.717, 1.165) is 0 Å². The normalized spacial score (nSPS) is 14.5. The second kappa shape index (κ2) is 7.92. The van der Waals surface area contributed by atoms with Gasteiger partial charge >= 0.3 is 0 Å². The first-order valence-electron chi connectivity index (χ1n) is 11.5. The third-order valence-corrected chi connectivity index (χ3v) is 7.16.